The average Bonchev–Trinajstić information content (AvgIpc) is 2.82. The van der Waals surface area contributed by atoms with E-state index >= 15 is 0 Å². The van der Waals surface area contributed by atoms with Crippen LogP contribution in [0.15, 0.2) is 53.5 Å². The second-order valence-electron chi connectivity index (χ2n) is 6.35. The van der Waals surface area contributed by atoms with Gasteiger partial charge in [-0.1, -0.05) is 24.3 Å². The van der Waals surface area contributed by atoms with Gasteiger partial charge in [0.2, 0.25) is 0 Å². The molecular weight excluding hydrogens is 355 g/mol. The van der Waals surface area contributed by atoms with Crippen LogP contribution in [0, 0.1) is 0 Å². The van der Waals surface area contributed by atoms with Crippen molar-refractivity contribution in [2.75, 3.05) is 0 Å². The predicted octanol–water partition coefficient (Wildman–Crippen LogP) is 3.69. The van der Waals surface area contributed by atoms with Gasteiger partial charge in [-0.2, -0.15) is 18.2 Å². The minimum atomic E-state index is -4.36. The number of alkyl halides is 3. The number of aryl methyl sites for hydroxylation is 1. The highest BCUT2D eigenvalue weighted by Crippen LogP contribution is 2.32. The highest BCUT2D eigenvalue weighted by Gasteiger charge is 2.30. The van der Waals surface area contributed by atoms with Crippen molar-refractivity contribution in [1.82, 2.24) is 0 Å². The van der Waals surface area contributed by atoms with Crippen molar-refractivity contribution < 1.29 is 18.0 Å². The Morgan fingerprint density at radius 2 is 1.70 bits per heavy atom. The lowest BCUT2D eigenvalue weighted by Gasteiger charge is -2.12. The summed E-state index contributed by atoms with van der Waals surface area (Å²) in [7, 11) is 0. The van der Waals surface area contributed by atoms with E-state index in [0.717, 1.165) is 47.2 Å². The number of benzene rings is 2. The van der Waals surface area contributed by atoms with Crippen LogP contribution in [0.2, 0.25) is 0 Å². The molecular formula is C20H18F3N3O. The molecule has 1 amide bonds. The van der Waals surface area contributed by atoms with Gasteiger partial charge >= 0.3 is 6.18 Å². The Labute approximate surface area is 154 Å². The van der Waals surface area contributed by atoms with Crippen molar-refractivity contribution in [3.05, 3.63) is 76.4 Å². The van der Waals surface area contributed by atoms with Crippen LogP contribution in [0.25, 0.3) is 5.57 Å². The fraction of sp³-hybridized carbons (Fsp3) is 0.200. The number of amides is 1. The lowest BCUT2D eigenvalue weighted by molar-refractivity contribution is -0.137. The summed E-state index contributed by atoms with van der Waals surface area (Å²) < 4.78 is 38.3. The third kappa shape index (κ3) is 4.36. The summed E-state index contributed by atoms with van der Waals surface area (Å²) in [6.45, 7) is 0. The molecule has 1 aliphatic rings. The van der Waals surface area contributed by atoms with Gasteiger partial charge in [0.1, 0.15) is 0 Å². The van der Waals surface area contributed by atoms with Gasteiger partial charge in [0.05, 0.1) is 5.56 Å². The van der Waals surface area contributed by atoms with Crippen molar-refractivity contribution in [1.29, 1.82) is 0 Å². The molecule has 1 aliphatic carbocycles. The topological polar surface area (TPSA) is 81.5 Å². The first-order chi connectivity index (χ1) is 12.7. The zero-order valence-electron chi connectivity index (χ0n) is 14.4. The maximum atomic E-state index is 12.8. The summed E-state index contributed by atoms with van der Waals surface area (Å²) in [5, 5.41) is 0. The van der Waals surface area contributed by atoms with E-state index in [4.69, 9.17) is 11.5 Å². The van der Waals surface area contributed by atoms with E-state index in [1.807, 2.05) is 12.1 Å². The maximum Gasteiger partial charge on any atom is 0.416 e. The third-order valence-electron chi connectivity index (χ3n) is 4.45. The maximum absolute atomic E-state index is 12.8. The summed E-state index contributed by atoms with van der Waals surface area (Å²) in [5.74, 6) is -0.831. The molecule has 0 heterocycles. The van der Waals surface area contributed by atoms with Gasteiger partial charge in [0.15, 0.2) is 5.96 Å². The molecule has 0 aliphatic heterocycles. The molecule has 0 saturated carbocycles. The van der Waals surface area contributed by atoms with Crippen LogP contribution in [-0.4, -0.2) is 11.9 Å². The standard InChI is InChI=1S/C20H18F3N3O/c21-20(22,23)17-8-6-13(7-9-17)14-3-1-2-12-4-5-15(11-16(12)10-14)18(27)26-19(24)25/h3-9,11H,1-2,10H2,(H4,24,25,26,27). The Balaban J connectivity index is 1.89. The Bertz CT molecular complexity index is 924. The lowest BCUT2D eigenvalue weighted by Crippen LogP contribution is -2.24. The normalized spacial score (nSPS) is 14.0. The molecule has 0 radical (unpaired) electrons. The molecule has 27 heavy (non-hydrogen) atoms. The van der Waals surface area contributed by atoms with Crippen LogP contribution >= 0.6 is 0 Å². The molecule has 4 nitrogen and oxygen atoms in total. The van der Waals surface area contributed by atoms with Gasteiger partial charge in [-0.05, 0) is 65.8 Å². The molecule has 140 valence electrons. The molecule has 4 N–H and O–H groups in total. The fourth-order valence-corrected chi connectivity index (χ4v) is 3.12. The van der Waals surface area contributed by atoms with Gasteiger partial charge in [-0.3, -0.25) is 4.79 Å². The number of guanidine groups is 1. The molecule has 0 aromatic heterocycles. The Kier molecular flexibility index (Phi) is 5.03. The zero-order chi connectivity index (χ0) is 19.6. The number of nitrogens with zero attached hydrogens (tertiary/aromatic N) is 1. The van der Waals surface area contributed by atoms with E-state index in [1.54, 1.807) is 12.1 Å². The third-order valence-corrected chi connectivity index (χ3v) is 4.45. The molecule has 0 unspecified atom stereocenters. The van der Waals surface area contributed by atoms with Crippen LogP contribution in [-0.2, 0) is 19.0 Å². The Morgan fingerprint density at radius 1 is 1.00 bits per heavy atom. The monoisotopic (exact) mass is 373 g/mol. The number of aliphatic imine (C=N–C) groups is 1. The first kappa shape index (κ1) is 18.7. The highest BCUT2D eigenvalue weighted by atomic mass is 19.4. The van der Waals surface area contributed by atoms with Crippen LogP contribution < -0.4 is 11.5 Å². The molecule has 3 rings (SSSR count). The van der Waals surface area contributed by atoms with Crippen molar-refractivity contribution in [2.45, 2.75) is 25.4 Å². The zero-order valence-corrected chi connectivity index (χ0v) is 14.4. The predicted molar refractivity (Wildman–Crippen MR) is 98.0 cm³/mol. The summed E-state index contributed by atoms with van der Waals surface area (Å²) in [6, 6.07) is 10.4. The second kappa shape index (κ2) is 7.26. The van der Waals surface area contributed by atoms with Crippen LogP contribution in [0.5, 0.6) is 0 Å². The number of rotatable bonds is 2. The summed E-state index contributed by atoms with van der Waals surface area (Å²) in [5.41, 5.74) is 13.9. The number of hydrogen-bond donors (Lipinski definition) is 2. The first-order valence-electron chi connectivity index (χ1n) is 8.36. The molecule has 2 aromatic carbocycles. The number of allylic oxidation sites excluding steroid dienone is 2. The molecule has 0 bridgehead atoms. The lowest BCUT2D eigenvalue weighted by atomic mass is 9.94. The van der Waals surface area contributed by atoms with Crippen molar-refractivity contribution in [3.8, 4) is 0 Å². The number of halogens is 3. The van der Waals surface area contributed by atoms with E-state index in [-0.39, 0.29) is 5.96 Å². The van der Waals surface area contributed by atoms with E-state index in [2.05, 4.69) is 4.99 Å². The van der Waals surface area contributed by atoms with Gasteiger partial charge in [0, 0.05) is 5.56 Å². The van der Waals surface area contributed by atoms with Crippen molar-refractivity contribution in [3.63, 3.8) is 0 Å². The molecule has 2 aromatic rings. The van der Waals surface area contributed by atoms with E-state index in [0.29, 0.717) is 12.0 Å². The molecule has 0 fully saturated rings. The summed E-state index contributed by atoms with van der Waals surface area (Å²) >= 11 is 0. The quantitative estimate of drug-likeness (QED) is 0.622. The first-order valence-corrected chi connectivity index (χ1v) is 8.36. The number of nitrogens with two attached hydrogens (primary N) is 2. The number of fused-ring (bicyclic) bond motifs is 1. The van der Waals surface area contributed by atoms with E-state index < -0.39 is 17.6 Å². The van der Waals surface area contributed by atoms with Gasteiger partial charge in [-0.25, -0.2) is 0 Å². The van der Waals surface area contributed by atoms with Crippen molar-refractivity contribution >= 4 is 17.4 Å². The minimum Gasteiger partial charge on any atom is -0.370 e. The molecule has 0 saturated heterocycles. The molecule has 0 spiro atoms. The number of hydrogen-bond acceptors (Lipinski definition) is 1. The molecule has 7 heteroatoms. The van der Waals surface area contributed by atoms with Gasteiger partial charge in [-0.15, -0.1) is 0 Å². The van der Waals surface area contributed by atoms with Gasteiger partial charge in [0.25, 0.3) is 5.91 Å². The Hall–Kier alpha value is -3.09. The van der Waals surface area contributed by atoms with Crippen LogP contribution in [0.1, 0.15) is 39.0 Å². The summed E-state index contributed by atoms with van der Waals surface area (Å²) in [6.07, 6.45) is -0.256. The average molecular weight is 373 g/mol. The fourth-order valence-electron chi connectivity index (χ4n) is 3.12. The van der Waals surface area contributed by atoms with Crippen LogP contribution in [0.4, 0.5) is 13.2 Å². The van der Waals surface area contributed by atoms with E-state index in [9.17, 15) is 18.0 Å². The summed E-state index contributed by atoms with van der Waals surface area (Å²) in [4.78, 5) is 15.6. The van der Waals surface area contributed by atoms with E-state index in [1.165, 1.54) is 12.1 Å². The SMILES string of the molecule is NC(N)=NC(=O)c1ccc2c(c1)CC(c1ccc(C(F)(F)F)cc1)=CCC2. The van der Waals surface area contributed by atoms with Gasteiger partial charge < -0.3 is 11.5 Å². The smallest absolute Gasteiger partial charge is 0.370 e. The minimum absolute atomic E-state index is 0.305. The van der Waals surface area contributed by atoms with Crippen molar-refractivity contribution in [2.24, 2.45) is 16.5 Å². The number of carbonyl (C=O) groups excluding carboxylic acids is 1. The van der Waals surface area contributed by atoms with Crippen LogP contribution in [0.3, 0.4) is 0 Å². The highest BCUT2D eigenvalue weighted by molar-refractivity contribution is 6.02. The number of carbonyl (C=O) groups is 1. The second-order valence-corrected chi connectivity index (χ2v) is 6.35. The largest absolute Gasteiger partial charge is 0.416 e. The molecule has 0 atom stereocenters. The Morgan fingerprint density at radius 3 is 2.33 bits per heavy atom.